The third kappa shape index (κ3) is 2.00. The van der Waals surface area contributed by atoms with Crippen LogP contribution in [0.25, 0.3) is 0 Å². The van der Waals surface area contributed by atoms with E-state index in [0.717, 1.165) is 12.8 Å². The van der Waals surface area contributed by atoms with E-state index in [-0.39, 0.29) is 17.9 Å². The van der Waals surface area contributed by atoms with Gasteiger partial charge in [0.2, 0.25) is 5.91 Å². The average molecular weight is 185 g/mol. The first-order chi connectivity index (χ1) is 6.09. The number of amides is 1. The summed E-state index contributed by atoms with van der Waals surface area (Å²) in [5, 5.41) is 10.4. The number of rotatable bonds is 2. The zero-order chi connectivity index (χ0) is 9.47. The smallest absolute Gasteiger partial charge is 0.246 e. The van der Waals surface area contributed by atoms with E-state index in [1.165, 1.54) is 5.06 Å². The molecule has 2 rings (SSSR count). The summed E-state index contributed by atoms with van der Waals surface area (Å²) in [4.78, 5) is 16.6. The molecule has 1 saturated carbocycles. The second-order valence-corrected chi connectivity index (χ2v) is 4.39. The molecule has 1 saturated heterocycles. The van der Waals surface area contributed by atoms with Crippen molar-refractivity contribution in [1.29, 1.82) is 0 Å². The Bertz CT molecular complexity index is 225. The molecule has 4 nitrogen and oxygen atoms in total. The van der Waals surface area contributed by atoms with Crippen molar-refractivity contribution in [3.63, 3.8) is 0 Å². The van der Waals surface area contributed by atoms with Gasteiger partial charge in [0, 0.05) is 6.42 Å². The average Bonchev–Trinajstić information content (AvgIpc) is 2.62. The lowest BCUT2D eigenvalue weighted by Gasteiger charge is -2.15. The molecule has 1 heterocycles. The normalized spacial score (nSPS) is 30.6. The first kappa shape index (κ1) is 8.97. The van der Waals surface area contributed by atoms with Gasteiger partial charge >= 0.3 is 0 Å². The molecular weight excluding hydrogens is 170 g/mol. The molecule has 4 heteroatoms. The molecule has 0 radical (unpaired) electrons. The zero-order valence-electron chi connectivity index (χ0n) is 7.82. The summed E-state index contributed by atoms with van der Waals surface area (Å²) in [5.41, 5.74) is 0.216. The van der Waals surface area contributed by atoms with Crippen LogP contribution in [0.1, 0.15) is 26.2 Å². The summed E-state index contributed by atoms with van der Waals surface area (Å²) < 4.78 is 0. The number of hydrogen-bond donors (Lipinski definition) is 1. The topological polar surface area (TPSA) is 49.8 Å². The maximum Gasteiger partial charge on any atom is 0.246 e. The van der Waals surface area contributed by atoms with Crippen LogP contribution in [0, 0.1) is 5.41 Å². The van der Waals surface area contributed by atoms with Crippen molar-refractivity contribution in [2.75, 3.05) is 13.2 Å². The number of aliphatic hydroxyl groups is 1. The zero-order valence-corrected chi connectivity index (χ0v) is 7.82. The monoisotopic (exact) mass is 185 g/mol. The van der Waals surface area contributed by atoms with Gasteiger partial charge < -0.3 is 5.11 Å². The highest BCUT2D eigenvalue weighted by molar-refractivity contribution is 5.76. The molecule has 1 aliphatic heterocycles. The molecule has 13 heavy (non-hydrogen) atoms. The van der Waals surface area contributed by atoms with Gasteiger partial charge in [-0.05, 0) is 18.3 Å². The van der Waals surface area contributed by atoms with Crippen molar-refractivity contribution in [2.24, 2.45) is 5.41 Å². The summed E-state index contributed by atoms with van der Waals surface area (Å²) in [7, 11) is 0. The van der Waals surface area contributed by atoms with Gasteiger partial charge in [-0.1, -0.05) is 6.92 Å². The SMILES string of the molecule is CC1(CC(=O)N2C[C@@H](O)CO2)CC1. The summed E-state index contributed by atoms with van der Waals surface area (Å²) >= 11 is 0. The quantitative estimate of drug-likeness (QED) is 0.673. The molecule has 0 aromatic heterocycles. The third-order valence-electron chi connectivity index (χ3n) is 2.76. The van der Waals surface area contributed by atoms with Gasteiger partial charge in [0.25, 0.3) is 0 Å². The first-order valence-electron chi connectivity index (χ1n) is 4.70. The largest absolute Gasteiger partial charge is 0.389 e. The Labute approximate surface area is 77.4 Å². The minimum atomic E-state index is -0.504. The van der Waals surface area contributed by atoms with Crippen molar-refractivity contribution >= 4 is 5.91 Å². The number of aliphatic hydroxyl groups excluding tert-OH is 1. The molecule has 1 atom stereocenters. The van der Waals surface area contributed by atoms with Crippen molar-refractivity contribution in [1.82, 2.24) is 5.06 Å². The lowest BCUT2D eigenvalue weighted by molar-refractivity contribution is -0.170. The van der Waals surface area contributed by atoms with Crippen molar-refractivity contribution in [3.8, 4) is 0 Å². The van der Waals surface area contributed by atoms with Crippen LogP contribution in [0.15, 0.2) is 0 Å². The fraction of sp³-hybridized carbons (Fsp3) is 0.889. The number of nitrogens with zero attached hydrogens (tertiary/aromatic N) is 1. The maximum atomic E-state index is 11.5. The van der Waals surface area contributed by atoms with Gasteiger partial charge in [-0.2, -0.15) is 0 Å². The van der Waals surface area contributed by atoms with E-state index in [1.54, 1.807) is 0 Å². The molecule has 1 aliphatic carbocycles. The number of carbonyl (C=O) groups is 1. The molecule has 0 bridgehead atoms. The molecule has 0 unspecified atom stereocenters. The second kappa shape index (κ2) is 2.96. The summed E-state index contributed by atoms with van der Waals surface area (Å²) in [6.45, 7) is 2.69. The van der Waals surface area contributed by atoms with Crippen molar-refractivity contribution < 1.29 is 14.7 Å². The number of carbonyl (C=O) groups excluding carboxylic acids is 1. The fourth-order valence-electron chi connectivity index (χ4n) is 1.49. The minimum Gasteiger partial charge on any atom is -0.389 e. The Morgan fingerprint density at radius 3 is 2.85 bits per heavy atom. The van der Waals surface area contributed by atoms with Gasteiger partial charge in [0.1, 0.15) is 6.61 Å². The lowest BCUT2D eigenvalue weighted by atomic mass is 10.1. The fourth-order valence-corrected chi connectivity index (χ4v) is 1.49. The molecule has 0 aromatic rings. The molecule has 2 fully saturated rings. The molecule has 2 aliphatic rings. The van der Waals surface area contributed by atoms with E-state index < -0.39 is 6.10 Å². The molecule has 0 aromatic carbocycles. The van der Waals surface area contributed by atoms with Crippen LogP contribution in [0.4, 0.5) is 0 Å². The van der Waals surface area contributed by atoms with E-state index in [1.807, 2.05) is 0 Å². The Morgan fingerprint density at radius 2 is 2.38 bits per heavy atom. The molecule has 1 amide bonds. The van der Waals surface area contributed by atoms with E-state index >= 15 is 0 Å². The van der Waals surface area contributed by atoms with Gasteiger partial charge in [0.15, 0.2) is 0 Å². The van der Waals surface area contributed by atoms with Crippen molar-refractivity contribution in [3.05, 3.63) is 0 Å². The van der Waals surface area contributed by atoms with Gasteiger partial charge in [-0.25, -0.2) is 5.06 Å². The molecule has 74 valence electrons. The number of β-amino-alcohol motifs (C(OH)–C–C–N with tert-alkyl or cyclic N) is 1. The van der Waals surface area contributed by atoms with Crippen LogP contribution in [-0.4, -0.2) is 35.3 Å². The summed E-state index contributed by atoms with van der Waals surface area (Å²) in [6, 6.07) is 0. The van der Waals surface area contributed by atoms with E-state index in [2.05, 4.69) is 6.92 Å². The predicted molar refractivity (Wildman–Crippen MR) is 45.6 cm³/mol. The molecule has 1 N–H and O–H groups in total. The Kier molecular flexibility index (Phi) is 2.04. The standard InChI is InChI=1S/C9H15NO3/c1-9(2-3-9)4-8(12)10-5-7(11)6-13-10/h7,11H,2-6H2,1H3/t7-/m1/s1. The Morgan fingerprint density at radius 1 is 1.69 bits per heavy atom. The predicted octanol–water partition coefficient (Wildman–Crippen LogP) is 0.311. The van der Waals surface area contributed by atoms with Crippen LogP contribution in [0.3, 0.4) is 0 Å². The van der Waals surface area contributed by atoms with E-state index in [4.69, 9.17) is 9.94 Å². The van der Waals surface area contributed by atoms with E-state index in [9.17, 15) is 4.79 Å². The highest BCUT2D eigenvalue weighted by Gasteiger charge is 2.41. The number of hydroxylamine groups is 2. The highest BCUT2D eigenvalue weighted by atomic mass is 16.7. The van der Waals surface area contributed by atoms with Gasteiger partial charge in [0.05, 0.1) is 12.6 Å². The van der Waals surface area contributed by atoms with Crippen LogP contribution in [-0.2, 0) is 9.63 Å². The maximum absolute atomic E-state index is 11.5. The van der Waals surface area contributed by atoms with Crippen LogP contribution in [0.2, 0.25) is 0 Å². The van der Waals surface area contributed by atoms with Crippen LogP contribution < -0.4 is 0 Å². The van der Waals surface area contributed by atoms with Gasteiger partial charge in [-0.3, -0.25) is 9.63 Å². The summed E-state index contributed by atoms with van der Waals surface area (Å²) in [6.07, 6.45) is 2.32. The van der Waals surface area contributed by atoms with Crippen molar-refractivity contribution in [2.45, 2.75) is 32.3 Å². The highest BCUT2D eigenvalue weighted by Crippen LogP contribution is 2.48. The molecule has 0 spiro atoms. The van der Waals surface area contributed by atoms with Gasteiger partial charge in [-0.15, -0.1) is 0 Å². The Hall–Kier alpha value is -0.610. The first-order valence-corrected chi connectivity index (χ1v) is 4.70. The minimum absolute atomic E-state index is 0.0107. The number of hydrogen-bond acceptors (Lipinski definition) is 3. The lowest BCUT2D eigenvalue weighted by Crippen LogP contribution is -2.29. The van der Waals surface area contributed by atoms with Crippen LogP contribution >= 0.6 is 0 Å². The second-order valence-electron chi connectivity index (χ2n) is 4.39. The van der Waals surface area contributed by atoms with Crippen LogP contribution in [0.5, 0.6) is 0 Å². The third-order valence-corrected chi connectivity index (χ3v) is 2.76. The van der Waals surface area contributed by atoms with E-state index in [0.29, 0.717) is 13.0 Å². The Balaban J connectivity index is 1.83. The molecular formula is C9H15NO3. The summed E-state index contributed by atoms with van der Waals surface area (Å²) in [5.74, 6) is 0.0107.